The van der Waals surface area contributed by atoms with Gasteiger partial charge in [0, 0.05) is 5.92 Å². The van der Waals surface area contributed by atoms with Crippen LogP contribution in [0.25, 0.3) is 0 Å². The molecule has 0 saturated heterocycles. The zero-order valence-corrected chi connectivity index (χ0v) is 10.3. The van der Waals surface area contributed by atoms with Crippen molar-refractivity contribution in [3.63, 3.8) is 0 Å². The van der Waals surface area contributed by atoms with Crippen LogP contribution in [0.4, 0.5) is 0 Å². The first-order valence-electron chi connectivity index (χ1n) is 5.67. The van der Waals surface area contributed by atoms with Crippen LogP contribution in [0.2, 0.25) is 0 Å². The fourth-order valence-electron chi connectivity index (χ4n) is 1.51. The second kappa shape index (κ2) is 5.78. The molecule has 0 unspecified atom stereocenters. The van der Waals surface area contributed by atoms with E-state index in [2.05, 4.69) is 5.92 Å². The molecular formula is C15H12O4. The number of benzene rings is 1. The van der Waals surface area contributed by atoms with E-state index < -0.39 is 5.97 Å². The van der Waals surface area contributed by atoms with E-state index in [1.807, 2.05) is 43.2 Å². The lowest BCUT2D eigenvalue weighted by atomic mass is 10.2. The molecule has 0 aliphatic rings. The first kappa shape index (κ1) is 12.8. The Morgan fingerprint density at radius 3 is 2.79 bits per heavy atom. The zero-order valence-electron chi connectivity index (χ0n) is 10.3. The van der Waals surface area contributed by atoms with Gasteiger partial charge in [-0.2, -0.15) is 0 Å². The van der Waals surface area contributed by atoms with Crippen molar-refractivity contribution >= 4 is 5.97 Å². The average Bonchev–Trinajstić information content (AvgIpc) is 2.76. The van der Waals surface area contributed by atoms with E-state index in [1.54, 1.807) is 6.07 Å². The summed E-state index contributed by atoms with van der Waals surface area (Å²) in [6.45, 7) is 2.14. The molecule has 0 atom stereocenters. The Kier molecular flexibility index (Phi) is 3.89. The van der Waals surface area contributed by atoms with Gasteiger partial charge in [-0.15, -0.1) is 0 Å². The first-order chi connectivity index (χ1) is 9.15. The van der Waals surface area contributed by atoms with Crippen LogP contribution in [0.15, 0.2) is 40.8 Å². The van der Waals surface area contributed by atoms with Crippen molar-refractivity contribution in [2.45, 2.75) is 13.5 Å². The molecule has 0 fully saturated rings. The molecule has 0 amide bonds. The second-order valence-electron chi connectivity index (χ2n) is 3.87. The summed E-state index contributed by atoms with van der Waals surface area (Å²) < 4.78 is 11.0. The Morgan fingerprint density at radius 2 is 2.11 bits per heavy atom. The van der Waals surface area contributed by atoms with Gasteiger partial charge in [-0.3, -0.25) is 0 Å². The Balaban J connectivity index is 2.06. The van der Waals surface area contributed by atoms with Crippen molar-refractivity contribution in [2.24, 2.45) is 0 Å². The molecule has 1 aromatic carbocycles. The van der Waals surface area contributed by atoms with Crippen molar-refractivity contribution in [1.82, 2.24) is 0 Å². The largest absolute Gasteiger partial charge is 0.486 e. The van der Waals surface area contributed by atoms with Crippen molar-refractivity contribution in [2.75, 3.05) is 0 Å². The molecule has 2 rings (SSSR count). The fraction of sp³-hybridized carbons (Fsp3) is 0.133. The maximum atomic E-state index is 10.3. The minimum Gasteiger partial charge on any atom is -0.486 e. The lowest BCUT2D eigenvalue weighted by Gasteiger charge is -2.03. The number of carbonyl (C=O) groups is 1. The summed E-state index contributed by atoms with van der Waals surface area (Å²) in [5.41, 5.74) is 0.880. The van der Waals surface area contributed by atoms with Crippen LogP contribution in [0.5, 0.6) is 5.75 Å². The number of rotatable bonds is 3. The van der Waals surface area contributed by atoms with Crippen LogP contribution in [0.1, 0.15) is 17.1 Å². The van der Waals surface area contributed by atoms with Crippen LogP contribution < -0.4 is 4.74 Å². The number of aliphatic carboxylic acids is 1. The van der Waals surface area contributed by atoms with Crippen molar-refractivity contribution in [3.8, 4) is 17.6 Å². The maximum absolute atomic E-state index is 10.3. The molecule has 0 aliphatic heterocycles. The molecule has 1 heterocycles. The summed E-state index contributed by atoms with van der Waals surface area (Å²) in [5, 5.41) is 8.46. The van der Waals surface area contributed by atoms with Crippen LogP contribution in [0, 0.1) is 18.8 Å². The number of furan rings is 1. The number of para-hydroxylation sites is 1. The predicted molar refractivity (Wildman–Crippen MR) is 68.7 cm³/mol. The smallest absolute Gasteiger partial charge is 0.382 e. The quantitative estimate of drug-likeness (QED) is 0.857. The predicted octanol–water partition coefficient (Wildman–Crippen LogP) is 2.60. The van der Waals surface area contributed by atoms with Gasteiger partial charge >= 0.3 is 5.97 Å². The number of hydrogen-bond acceptors (Lipinski definition) is 3. The second-order valence-corrected chi connectivity index (χ2v) is 3.87. The molecule has 4 heteroatoms. The van der Waals surface area contributed by atoms with Crippen LogP contribution in [-0.4, -0.2) is 11.1 Å². The number of ether oxygens (including phenoxy) is 1. The third kappa shape index (κ3) is 3.65. The summed E-state index contributed by atoms with van der Waals surface area (Å²) in [4.78, 5) is 10.3. The van der Waals surface area contributed by atoms with Gasteiger partial charge in [0.1, 0.15) is 18.1 Å². The van der Waals surface area contributed by atoms with E-state index >= 15 is 0 Å². The van der Waals surface area contributed by atoms with E-state index in [0.717, 1.165) is 11.3 Å². The summed E-state index contributed by atoms with van der Waals surface area (Å²) in [5.74, 6) is 4.97. The minimum atomic E-state index is -1.18. The van der Waals surface area contributed by atoms with E-state index in [-0.39, 0.29) is 6.61 Å². The number of aryl methyl sites for hydroxylation is 1. The summed E-state index contributed by atoms with van der Waals surface area (Å²) in [7, 11) is 0. The highest BCUT2D eigenvalue weighted by atomic mass is 16.5. The summed E-state index contributed by atoms with van der Waals surface area (Å²) in [6.07, 6.45) is 0. The summed E-state index contributed by atoms with van der Waals surface area (Å²) >= 11 is 0. The molecule has 2 aromatic rings. The van der Waals surface area contributed by atoms with E-state index in [9.17, 15) is 4.79 Å². The number of carboxylic acid groups (broad SMARTS) is 1. The molecule has 1 aromatic heterocycles. The van der Waals surface area contributed by atoms with Crippen molar-refractivity contribution in [1.29, 1.82) is 0 Å². The van der Waals surface area contributed by atoms with Crippen molar-refractivity contribution < 1.29 is 19.1 Å². The topological polar surface area (TPSA) is 59.7 Å². The lowest BCUT2D eigenvalue weighted by molar-refractivity contribution is -0.130. The molecule has 19 heavy (non-hydrogen) atoms. The van der Waals surface area contributed by atoms with E-state index in [4.69, 9.17) is 14.3 Å². The van der Waals surface area contributed by atoms with Gasteiger partial charge in [0.15, 0.2) is 5.76 Å². The SMILES string of the molecule is Cc1cc(C#CC(=O)O)oc1COc1ccccc1. The third-order valence-corrected chi connectivity index (χ3v) is 2.43. The van der Waals surface area contributed by atoms with Crippen LogP contribution in [0.3, 0.4) is 0 Å². The van der Waals surface area contributed by atoms with Crippen LogP contribution in [-0.2, 0) is 11.4 Å². The number of hydrogen-bond donors (Lipinski definition) is 1. The normalized spacial score (nSPS) is 9.53. The highest BCUT2D eigenvalue weighted by Crippen LogP contribution is 2.17. The van der Waals surface area contributed by atoms with Gasteiger partial charge in [-0.05, 0) is 36.6 Å². The summed E-state index contributed by atoms with van der Waals surface area (Å²) in [6, 6.07) is 11.1. The van der Waals surface area contributed by atoms with Gasteiger partial charge in [0.05, 0.1) is 0 Å². The lowest BCUT2D eigenvalue weighted by Crippen LogP contribution is -1.94. The fourth-order valence-corrected chi connectivity index (χ4v) is 1.51. The Morgan fingerprint density at radius 1 is 1.37 bits per heavy atom. The number of carboxylic acids is 1. The molecule has 1 N–H and O–H groups in total. The first-order valence-corrected chi connectivity index (χ1v) is 5.67. The highest BCUT2D eigenvalue weighted by molar-refractivity contribution is 5.87. The molecule has 96 valence electrons. The van der Waals surface area contributed by atoms with Crippen LogP contribution >= 0.6 is 0 Å². The third-order valence-electron chi connectivity index (χ3n) is 2.43. The average molecular weight is 256 g/mol. The molecule has 0 radical (unpaired) electrons. The van der Waals surface area contributed by atoms with Gasteiger partial charge in [-0.1, -0.05) is 18.2 Å². The van der Waals surface area contributed by atoms with Gasteiger partial charge in [0.2, 0.25) is 0 Å². The Labute approximate surface area is 110 Å². The molecule has 0 aliphatic carbocycles. The highest BCUT2D eigenvalue weighted by Gasteiger charge is 2.07. The molecule has 0 spiro atoms. The van der Waals surface area contributed by atoms with E-state index in [0.29, 0.717) is 11.5 Å². The minimum absolute atomic E-state index is 0.282. The zero-order chi connectivity index (χ0) is 13.7. The molecule has 0 bridgehead atoms. The van der Waals surface area contributed by atoms with E-state index in [1.165, 1.54) is 0 Å². The van der Waals surface area contributed by atoms with Crippen molar-refractivity contribution in [3.05, 3.63) is 53.5 Å². The molecular weight excluding hydrogens is 244 g/mol. The Bertz CT molecular complexity index is 629. The van der Waals surface area contributed by atoms with Gasteiger partial charge in [-0.25, -0.2) is 4.79 Å². The van der Waals surface area contributed by atoms with Gasteiger partial charge < -0.3 is 14.3 Å². The van der Waals surface area contributed by atoms with Gasteiger partial charge in [0.25, 0.3) is 0 Å². The molecule has 0 saturated carbocycles. The standard InChI is InChI=1S/C15H12O4/c1-11-9-13(7-8-15(16)17)19-14(11)10-18-12-5-3-2-4-6-12/h2-6,9H,10H2,1H3,(H,16,17). The monoisotopic (exact) mass is 256 g/mol. The molecule has 4 nitrogen and oxygen atoms in total. The maximum Gasteiger partial charge on any atom is 0.382 e. The Hall–Kier alpha value is -2.67.